The predicted octanol–water partition coefficient (Wildman–Crippen LogP) is 4.78. The number of benzene rings is 1. The van der Waals surface area contributed by atoms with Gasteiger partial charge in [0.15, 0.2) is 5.13 Å². The number of hydrogen-bond donors (Lipinski definition) is 0. The number of thioether (sulfide) groups is 1. The Balaban J connectivity index is 1.73. The van der Waals surface area contributed by atoms with Gasteiger partial charge in [-0.25, -0.2) is 9.37 Å². The second-order valence-corrected chi connectivity index (χ2v) is 7.61. The Kier molecular flexibility index (Phi) is 4.45. The van der Waals surface area contributed by atoms with Gasteiger partial charge in [-0.05, 0) is 24.3 Å². The Morgan fingerprint density at radius 1 is 1.20 bits per heavy atom. The van der Waals surface area contributed by atoms with E-state index in [4.69, 9.17) is 11.6 Å². The molecular weight excluding hydrogens is 381 g/mol. The molecule has 0 spiro atoms. The fourth-order valence-corrected chi connectivity index (χ4v) is 5.07. The summed E-state index contributed by atoms with van der Waals surface area (Å²) in [6, 6.07) is 10.1. The maximum Gasteiger partial charge on any atom is 0.240 e. The number of rotatable bonds is 3. The minimum Gasteiger partial charge on any atom is -0.273 e. The molecule has 1 amide bonds. The van der Waals surface area contributed by atoms with Gasteiger partial charge in [0.2, 0.25) is 5.91 Å². The molecule has 2 aromatic heterocycles. The van der Waals surface area contributed by atoms with E-state index in [0.29, 0.717) is 21.4 Å². The molecule has 3 aromatic rings. The highest BCUT2D eigenvalue weighted by Crippen LogP contribution is 2.46. The smallest absolute Gasteiger partial charge is 0.240 e. The molecule has 0 bridgehead atoms. The van der Waals surface area contributed by atoms with E-state index in [0.717, 1.165) is 5.69 Å². The molecule has 1 aliphatic heterocycles. The van der Waals surface area contributed by atoms with Crippen LogP contribution in [-0.2, 0) is 4.79 Å². The molecule has 1 aliphatic rings. The van der Waals surface area contributed by atoms with E-state index in [-0.39, 0.29) is 11.7 Å². The molecule has 4 nitrogen and oxygen atoms in total. The highest BCUT2D eigenvalue weighted by atomic mass is 35.5. The van der Waals surface area contributed by atoms with Crippen molar-refractivity contribution >= 4 is 45.7 Å². The van der Waals surface area contributed by atoms with Crippen molar-refractivity contribution in [3.63, 3.8) is 0 Å². The van der Waals surface area contributed by atoms with Gasteiger partial charge < -0.3 is 0 Å². The van der Waals surface area contributed by atoms with Crippen molar-refractivity contribution in [2.24, 2.45) is 0 Å². The summed E-state index contributed by atoms with van der Waals surface area (Å²) in [5.74, 6) is -0.282. The monoisotopic (exact) mass is 391 g/mol. The summed E-state index contributed by atoms with van der Waals surface area (Å²) in [6.45, 7) is 0. The first kappa shape index (κ1) is 16.5. The van der Waals surface area contributed by atoms with Crippen LogP contribution in [0.4, 0.5) is 9.52 Å². The largest absolute Gasteiger partial charge is 0.273 e. The lowest BCUT2D eigenvalue weighted by Crippen LogP contribution is -2.28. The topological polar surface area (TPSA) is 46.1 Å². The van der Waals surface area contributed by atoms with Crippen LogP contribution in [0.15, 0.2) is 48.0 Å². The fraction of sp³-hybridized carbons (Fsp3) is 0.118. The Morgan fingerprint density at radius 3 is 2.84 bits per heavy atom. The minimum absolute atomic E-state index is 0.115. The first-order valence-electron chi connectivity index (χ1n) is 7.39. The van der Waals surface area contributed by atoms with Crippen molar-refractivity contribution in [2.75, 3.05) is 10.7 Å². The van der Waals surface area contributed by atoms with E-state index >= 15 is 0 Å². The molecule has 0 aliphatic carbocycles. The molecular formula is C17H11ClFN3OS2. The van der Waals surface area contributed by atoms with Crippen LogP contribution in [0.1, 0.15) is 10.9 Å². The number of pyridine rings is 1. The lowest BCUT2D eigenvalue weighted by Gasteiger charge is -2.22. The number of halogens is 2. The number of carbonyl (C=O) groups excluding carboxylic acids is 1. The molecule has 0 N–H and O–H groups in total. The van der Waals surface area contributed by atoms with E-state index < -0.39 is 11.2 Å². The number of anilines is 1. The SMILES string of the molecule is O=C1CSC(c2c(F)cccc2Cl)N1c1nc(-c2ccccn2)cs1. The quantitative estimate of drug-likeness (QED) is 0.644. The van der Waals surface area contributed by atoms with Crippen molar-refractivity contribution in [2.45, 2.75) is 5.37 Å². The Hall–Kier alpha value is -1.96. The Labute approximate surface area is 156 Å². The fourth-order valence-electron chi connectivity index (χ4n) is 2.60. The molecule has 0 saturated carbocycles. The zero-order chi connectivity index (χ0) is 17.4. The summed E-state index contributed by atoms with van der Waals surface area (Å²) in [7, 11) is 0. The summed E-state index contributed by atoms with van der Waals surface area (Å²) in [6.07, 6.45) is 1.69. The lowest BCUT2D eigenvalue weighted by molar-refractivity contribution is -0.115. The van der Waals surface area contributed by atoms with E-state index in [1.54, 1.807) is 18.3 Å². The molecule has 1 fully saturated rings. The third-order valence-corrected chi connectivity index (χ3v) is 6.09. The lowest BCUT2D eigenvalue weighted by atomic mass is 10.2. The molecule has 1 atom stereocenters. The van der Waals surface area contributed by atoms with Gasteiger partial charge in [-0.15, -0.1) is 23.1 Å². The van der Waals surface area contributed by atoms with Crippen LogP contribution in [0.25, 0.3) is 11.4 Å². The van der Waals surface area contributed by atoms with Gasteiger partial charge in [0.05, 0.1) is 11.4 Å². The highest BCUT2D eigenvalue weighted by molar-refractivity contribution is 8.00. The van der Waals surface area contributed by atoms with Gasteiger partial charge in [0.1, 0.15) is 16.9 Å². The summed E-state index contributed by atoms with van der Waals surface area (Å²) >= 11 is 8.87. The zero-order valence-electron chi connectivity index (χ0n) is 12.7. The minimum atomic E-state index is -0.524. The third kappa shape index (κ3) is 3.03. The maximum absolute atomic E-state index is 14.3. The Bertz CT molecular complexity index is 914. The molecule has 4 rings (SSSR count). The first-order chi connectivity index (χ1) is 12.1. The van der Waals surface area contributed by atoms with Crippen LogP contribution >= 0.6 is 34.7 Å². The third-order valence-electron chi connectivity index (χ3n) is 3.74. The average molecular weight is 392 g/mol. The molecule has 1 aromatic carbocycles. The van der Waals surface area contributed by atoms with Crippen LogP contribution in [0, 0.1) is 5.82 Å². The number of thiazole rings is 1. The van der Waals surface area contributed by atoms with E-state index in [2.05, 4.69) is 9.97 Å². The molecule has 126 valence electrons. The molecule has 25 heavy (non-hydrogen) atoms. The van der Waals surface area contributed by atoms with Crippen LogP contribution in [0.2, 0.25) is 5.02 Å². The number of amides is 1. The van der Waals surface area contributed by atoms with Gasteiger partial charge in [0, 0.05) is 22.2 Å². The van der Waals surface area contributed by atoms with Crippen LogP contribution in [0.5, 0.6) is 0 Å². The van der Waals surface area contributed by atoms with Crippen molar-refractivity contribution < 1.29 is 9.18 Å². The zero-order valence-corrected chi connectivity index (χ0v) is 15.1. The van der Waals surface area contributed by atoms with Gasteiger partial charge in [0.25, 0.3) is 0 Å². The van der Waals surface area contributed by atoms with E-state index in [1.165, 1.54) is 34.1 Å². The molecule has 1 unspecified atom stereocenters. The van der Waals surface area contributed by atoms with E-state index in [9.17, 15) is 9.18 Å². The number of carbonyl (C=O) groups is 1. The molecule has 3 heterocycles. The van der Waals surface area contributed by atoms with Crippen molar-refractivity contribution in [3.05, 3.63) is 64.4 Å². The van der Waals surface area contributed by atoms with Crippen LogP contribution < -0.4 is 4.90 Å². The van der Waals surface area contributed by atoms with Gasteiger partial charge in [-0.2, -0.15) is 0 Å². The standard InChI is InChI=1S/C17H11ClFN3OS2/c18-10-4-3-5-11(19)15(10)16-22(14(23)9-24-16)17-21-13(8-25-17)12-6-1-2-7-20-12/h1-8,16H,9H2. The van der Waals surface area contributed by atoms with Gasteiger partial charge in [-0.1, -0.05) is 23.7 Å². The predicted molar refractivity (Wildman–Crippen MR) is 99.4 cm³/mol. The highest BCUT2D eigenvalue weighted by Gasteiger charge is 2.38. The Morgan fingerprint density at radius 2 is 2.08 bits per heavy atom. The van der Waals surface area contributed by atoms with Gasteiger partial charge in [-0.3, -0.25) is 14.7 Å². The van der Waals surface area contributed by atoms with Crippen LogP contribution in [-0.4, -0.2) is 21.6 Å². The first-order valence-corrected chi connectivity index (χ1v) is 9.70. The number of hydrogen-bond acceptors (Lipinski definition) is 5. The number of nitrogens with zero attached hydrogens (tertiary/aromatic N) is 3. The maximum atomic E-state index is 14.3. The summed E-state index contributed by atoms with van der Waals surface area (Å²) in [5.41, 5.74) is 1.73. The molecule has 0 radical (unpaired) electrons. The van der Waals surface area contributed by atoms with Crippen molar-refractivity contribution in [1.82, 2.24) is 9.97 Å². The number of aromatic nitrogens is 2. The van der Waals surface area contributed by atoms with Crippen LogP contribution in [0.3, 0.4) is 0 Å². The normalized spacial score (nSPS) is 17.3. The van der Waals surface area contributed by atoms with Gasteiger partial charge >= 0.3 is 0 Å². The van der Waals surface area contributed by atoms with Crippen molar-refractivity contribution in [1.29, 1.82) is 0 Å². The van der Waals surface area contributed by atoms with E-state index in [1.807, 2.05) is 23.6 Å². The summed E-state index contributed by atoms with van der Waals surface area (Å²) in [5, 5.41) is 2.14. The summed E-state index contributed by atoms with van der Waals surface area (Å²) in [4.78, 5) is 22.7. The molecule has 1 saturated heterocycles. The second-order valence-electron chi connectivity index (χ2n) is 5.29. The van der Waals surface area contributed by atoms with Crippen molar-refractivity contribution in [3.8, 4) is 11.4 Å². The summed E-state index contributed by atoms with van der Waals surface area (Å²) < 4.78 is 14.3. The average Bonchev–Trinajstić information content (AvgIpc) is 3.23. The molecule has 8 heteroatoms. The second kappa shape index (κ2) is 6.74.